The maximum absolute atomic E-state index is 6.40. The third-order valence-corrected chi connectivity index (χ3v) is 5.85. The van der Waals surface area contributed by atoms with Crippen molar-refractivity contribution in [2.24, 2.45) is 0 Å². The summed E-state index contributed by atoms with van der Waals surface area (Å²) in [7, 11) is 3.38. The molecule has 2 aliphatic rings. The first-order valence-corrected chi connectivity index (χ1v) is 9.64. The van der Waals surface area contributed by atoms with Gasteiger partial charge in [-0.15, -0.1) is 0 Å². The first-order valence-electron chi connectivity index (χ1n) is 9.64. The highest BCUT2D eigenvalue weighted by molar-refractivity contribution is 5.52. The van der Waals surface area contributed by atoms with Gasteiger partial charge in [-0.3, -0.25) is 4.98 Å². The van der Waals surface area contributed by atoms with Crippen LogP contribution >= 0.6 is 0 Å². The second kappa shape index (κ2) is 7.04. The highest BCUT2D eigenvalue weighted by atomic mass is 16.5. The molecule has 1 spiro atoms. The molecule has 3 heterocycles. The van der Waals surface area contributed by atoms with Gasteiger partial charge in [-0.25, -0.2) is 0 Å². The summed E-state index contributed by atoms with van der Waals surface area (Å²) in [6, 6.07) is 8.60. The number of ether oxygens (including phenoxy) is 3. The number of methoxy groups -OCH3 is 2. The lowest BCUT2D eigenvalue weighted by molar-refractivity contribution is -0.0768. The molecule has 5 nitrogen and oxygen atoms in total. The van der Waals surface area contributed by atoms with Crippen LogP contribution in [0.25, 0.3) is 0 Å². The number of benzene rings is 1. The molecule has 0 unspecified atom stereocenters. The van der Waals surface area contributed by atoms with Crippen molar-refractivity contribution < 1.29 is 14.2 Å². The van der Waals surface area contributed by atoms with Gasteiger partial charge in [0.1, 0.15) is 0 Å². The molecule has 4 rings (SSSR count). The van der Waals surface area contributed by atoms with E-state index >= 15 is 0 Å². The molecular weight excluding hydrogens is 340 g/mol. The monoisotopic (exact) mass is 368 g/mol. The fourth-order valence-corrected chi connectivity index (χ4v) is 4.52. The smallest absolute Gasteiger partial charge is 0.161 e. The minimum absolute atomic E-state index is 0.221. The largest absolute Gasteiger partial charge is 0.493 e. The van der Waals surface area contributed by atoms with Crippen molar-refractivity contribution in [2.75, 3.05) is 38.8 Å². The average molecular weight is 368 g/mol. The average Bonchev–Trinajstić information content (AvgIpc) is 2.67. The Morgan fingerprint density at radius 2 is 1.59 bits per heavy atom. The molecule has 1 aromatic carbocycles. The minimum Gasteiger partial charge on any atom is -0.493 e. The maximum atomic E-state index is 6.40. The quantitative estimate of drug-likeness (QED) is 0.825. The molecule has 1 aromatic heterocycles. The molecule has 0 radical (unpaired) electrons. The van der Waals surface area contributed by atoms with Gasteiger partial charge in [0.25, 0.3) is 0 Å². The SMILES string of the molecule is COc1cc2c(cc1OC)C1(CCN(c3cc(C)nc(C)c3)CC1)OCC2. The van der Waals surface area contributed by atoms with Crippen molar-refractivity contribution >= 4 is 5.69 Å². The summed E-state index contributed by atoms with van der Waals surface area (Å²) < 4.78 is 17.5. The van der Waals surface area contributed by atoms with Gasteiger partial charge < -0.3 is 19.1 Å². The zero-order valence-electron chi connectivity index (χ0n) is 16.7. The molecule has 0 amide bonds. The Morgan fingerprint density at radius 1 is 0.963 bits per heavy atom. The molecule has 5 heteroatoms. The summed E-state index contributed by atoms with van der Waals surface area (Å²) in [6.07, 6.45) is 2.86. The van der Waals surface area contributed by atoms with Crippen LogP contribution in [0.4, 0.5) is 5.69 Å². The first kappa shape index (κ1) is 18.1. The molecule has 1 saturated heterocycles. The van der Waals surface area contributed by atoms with E-state index in [9.17, 15) is 0 Å². The van der Waals surface area contributed by atoms with Crippen LogP contribution in [0, 0.1) is 13.8 Å². The van der Waals surface area contributed by atoms with E-state index in [-0.39, 0.29) is 5.60 Å². The highest BCUT2D eigenvalue weighted by Gasteiger charge is 2.41. The highest BCUT2D eigenvalue weighted by Crippen LogP contribution is 2.45. The van der Waals surface area contributed by atoms with Crippen molar-refractivity contribution in [3.63, 3.8) is 0 Å². The van der Waals surface area contributed by atoms with Gasteiger partial charge in [-0.05, 0) is 68.5 Å². The zero-order valence-corrected chi connectivity index (χ0v) is 16.7. The second-order valence-corrected chi connectivity index (χ2v) is 7.55. The zero-order chi connectivity index (χ0) is 19.0. The summed E-state index contributed by atoms with van der Waals surface area (Å²) in [5.74, 6) is 1.58. The maximum Gasteiger partial charge on any atom is 0.161 e. The topological polar surface area (TPSA) is 43.8 Å². The lowest BCUT2D eigenvalue weighted by atomic mass is 9.79. The number of rotatable bonds is 3. The second-order valence-electron chi connectivity index (χ2n) is 7.55. The third kappa shape index (κ3) is 3.25. The summed E-state index contributed by atoms with van der Waals surface area (Å²) >= 11 is 0. The third-order valence-electron chi connectivity index (χ3n) is 5.85. The lowest BCUT2D eigenvalue weighted by Crippen LogP contribution is -2.46. The molecule has 0 saturated carbocycles. The van der Waals surface area contributed by atoms with Crippen LogP contribution in [0.3, 0.4) is 0 Å². The molecule has 0 aliphatic carbocycles. The Bertz CT molecular complexity index is 821. The van der Waals surface area contributed by atoms with Crippen LogP contribution in [-0.4, -0.2) is 38.9 Å². The Hall–Kier alpha value is -2.27. The molecule has 27 heavy (non-hydrogen) atoms. The number of nitrogens with zero attached hydrogens (tertiary/aromatic N) is 2. The standard InChI is InChI=1S/C22H28N2O3/c1-15-11-18(12-16(2)23-15)24-8-6-22(7-9-24)19-14-21(26-4)20(25-3)13-17(19)5-10-27-22/h11-14H,5-10H2,1-4H3. The van der Waals surface area contributed by atoms with Crippen LogP contribution in [0.5, 0.6) is 11.5 Å². The summed E-state index contributed by atoms with van der Waals surface area (Å²) in [5.41, 5.74) is 5.78. The molecule has 0 bridgehead atoms. The number of hydrogen-bond acceptors (Lipinski definition) is 5. The number of hydrogen-bond donors (Lipinski definition) is 0. The van der Waals surface area contributed by atoms with Gasteiger partial charge in [0, 0.05) is 30.2 Å². The fraction of sp³-hybridized carbons (Fsp3) is 0.500. The number of pyridine rings is 1. The van der Waals surface area contributed by atoms with Crippen LogP contribution in [0.1, 0.15) is 35.4 Å². The van der Waals surface area contributed by atoms with Crippen LogP contribution in [0.2, 0.25) is 0 Å². The molecule has 1 fully saturated rings. The van der Waals surface area contributed by atoms with E-state index in [1.165, 1.54) is 16.8 Å². The van der Waals surface area contributed by atoms with Crippen LogP contribution in [0.15, 0.2) is 24.3 Å². The number of anilines is 1. The van der Waals surface area contributed by atoms with E-state index in [0.717, 1.165) is 61.8 Å². The van der Waals surface area contributed by atoms with E-state index < -0.39 is 0 Å². The normalized spacial score (nSPS) is 18.3. The molecule has 0 atom stereocenters. The number of piperidine rings is 1. The summed E-state index contributed by atoms with van der Waals surface area (Å²) in [4.78, 5) is 6.95. The predicted octanol–water partition coefficient (Wildman–Crippen LogP) is 3.78. The van der Waals surface area contributed by atoms with Crippen LogP contribution < -0.4 is 14.4 Å². The number of fused-ring (bicyclic) bond motifs is 2. The van der Waals surface area contributed by atoms with Gasteiger partial charge in [0.2, 0.25) is 0 Å². The van der Waals surface area contributed by atoms with Gasteiger partial charge in [0.05, 0.1) is 26.4 Å². The van der Waals surface area contributed by atoms with Crippen molar-refractivity contribution in [3.8, 4) is 11.5 Å². The van der Waals surface area contributed by atoms with E-state index in [1.54, 1.807) is 14.2 Å². The molecule has 2 aliphatic heterocycles. The van der Waals surface area contributed by atoms with E-state index in [2.05, 4.69) is 48.0 Å². The Kier molecular flexibility index (Phi) is 4.72. The van der Waals surface area contributed by atoms with Crippen LogP contribution in [-0.2, 0) is 16.8 Å². The summed E-state index contributed by atoms with van der Waals surface area (Å²) in [6.45, 7) is 6.81. The number of aromatic nitrogens is 1. The van der Waals surface area contributed by atoms with Crippen molar-refractivity contribution in [3.05, 3.63) is 46.8 Å². The lowest BCUT2D eigenvalue weighted by Gasteiger charge is -2.46. The molecular formula is C22H28N2O3. The molecule has 2 aromatic rings. The first-order chi connectivity index (χ1) is 13.0. The number of aryl methyl sites for hydroxylation is 2. The fourth-order valence-electron chi connectivity index (χ4n) is 4.52. The van der Waals surface area contributed by atoms with Gasteiger partial charge in [0.15, 0.2) is 11.5 Å². The van der Waals surface area contributed by atoms with Crippen molar-refractivity contribution in [2.45, 2.75) is 38.7 Å². The summed E-state index contributed by atoms with van der Waals surface area (Å²) in [5, 5.41) is 0. The van der Waals surface area contributed by atoms with E-state index in [4.69, 9.17) is 14.2 Å². The predicted molar refractivity (Wildman–Crippen MR) is 106 cm³/mol. The van der Waals surface area contributed by atoms with Gasteiger partial charge in [-0.2, -0.15) is 0 Å². The van der Waals surface area contributed by atoms with Crippen molar-refractivity contribution in [1.29, 1.82) is 0 Å². The van der Waals surface area contributed by atoms with Gasteiger partial charge in [-0.1, -0.05) is 0 Å². The Morgan fingerprint density at radius 3 is 2.22 bits per heavy atom. The minimum atomic E-state index is -0.221. The van der Waals surface area contributed by atoms with E-state index in [1.807, 2.05) is 0 Å². The molecule has 144 valence electrons. The Labute approximate surface area is 161 Å². The van der Waals surface area contributed by atoms with Crippen molar-refractivity contribution in [1.82, 2.24) is 4.98 Å². The molecule has 0 N–H and O–H groups in total. The van der Waals surface area contributed by atoms with Gasteiger partial charge >= 0.3 is 0 Å². The Balaban J connectivity index is 1.62. The van der Waals surface area contributed by atoms with E-state index in [0.29, 0.717) is 0 Å².